The van der Waals surface area contributed by atoms with Gasteiger partial charge in [-0.3, -0.25) is 0 Å². The summed E-state index contributed by atoms with van der Waals surface area (Å²) in [5.74, 6) is 0. The van der Waals surface area contributed by atoms with Gasteiger partial charge >= 0.3 is 0 Å². The Kier molecular flexibility index (Phi) is 6.05. The fourth-order valence-corrected chi connectivity index (χ4v) is 11.5. The molecule has 6 nitrogen and oxygen atoms in total. The SMILES string of the molecule is [2H]c1c([2H])c([2H])c(N(c2c([2H])c([2H])c([2H])c([2H])c2[2H])c2c([2H])c3c4c(c2[2H])N2c5c(c([2H])c([2H])c([2H])c5-n5c6c([2H])c([2H])c(C(C)(C)C)c([2H])c6c6c([2H])c(C(C)(C)C)c([2H])c2c65)B4c2c([2H])c([2H])c(N(c4c([2H])c([2H])c(C(C)(C)C)c([2H])c4[2H])c4c([2H])c([2H])c(C(C)(C)C)c([2H])c4[2H])c([2H])c2N3c2c([2H])c([2H])c3oc4c([2H])c([2H])c([2H])c([2H])c4c3c2[2H])c([2H])c1[2H]. The van der Waals surface area contributed by atoms with Gasteiger partial charge in [0.15, 0.2) is 0 Å². The van der Waals surface area contributed by atoms with Gasteiger partial charge in [0.1, 0.15) is 11.2 Å². The number of rotatable bonds is 7. The van der Waals surface area contributed by atoms with Crippen molar-refractivity contribution in [1.29, 1.82) is 0 Å². The molecule has 13 aromatic rings. The van der Waals surface area contributed by atoms with E-state index in [1.54, 1.807) is 83.1 Å². The van der Waals surface area contributed by atoms with Gasteiger partial charge in [-0.25, -0.2) is 0 Å². The molecule has 0 N–H and O–H groups in total. The lowest BCUT2D eigenvalue weighted by molar-refractivity contribution is 0.590. The van der Waals surface area contributed by atoms with Crippen molar-refractivity contribution in [2.24, 2.45) is 0 Å². The molecule has 0 saturated carbocycles. The molecule has 5 heterocycles. The highest BCUT2D eigenvalue weighted by atomic mass is 16.3. The van der Waals surface area contributed by atoms with E-state index in [-0.39, 0.29) is 33.0 Å². The van der Waals surface area contributed by atoms with Crippen molar-refractivity contribution < 1.29 is 56.5 Å². The number of benzene rings is 11. The van der Waals surface area contributed by atoms with Crippen LogP contribution in [0.4, 0.5) is 68.2 Å². The van der Waals surface area contributed by atoms with Crippen LogP contribution >= 0.6 is 0 Å². The predicted octanol–water partition coefficient (Wildman–Crippen LogP) is 21.2. The summed E-state index contributed by atoms with van der Waals surface area (Å²) < 4.78 is 390. The summed E-state index contributed by atoms with van der Waals surface area (Å²) in [4.78, 5) is 2.50. The molecule has 3 aliphatic rings. The van der Waals surface area contributed by atoms with E-state index in [1.165, 1.54) is 0 Å². The molecule has 0 bridgehead atoms. The van der Waals surface area contributed by atoms with Crippen LogP contribution in [0.15, 0.2) is 234 Å². The highest BCUT2D eigenvalue weighted by Gasteiger charge is 2.47. The highest BCUT2D eigenvalue weighted by Crippen LogP contribution is 2.56. The van der Waals surface area contributed by atoms with Crippen LogP contribution in [0.2, 0.25) is 0 Å². The summed E-state index contributed by atoms with van der Waals surface area (Å²) in [6.07, 6.45) is 0. The van der Waals surface area contributed by atoms with Crippen LogP contribution in [0.5, 0.6) is 0 Å². The van der Waals surface area contributed by atoms with Gasteiger partial charge in [-0.05, 0) is 187 Å². The molecule has 0 amide bonds. The summed E-state index contributed by atoms with van der Waals surface area (Å²) in [6.45, 7) is 16.7. The highest BCUT2D eigenvalue weighted by molar-refractivity contribution is 7.00. The van der Waals surface area contributed by atoms with Gasteiger partial charge in [0.25, 0.3) is 6.71 Å². The Morgan fingerprint density at radius 3 is 1.51 bits per heavy atom. The van der Waals surface area contributed by atoms with E-state index in [2.05, 4.69) is 0 Å². The Hall–Kier alpha value is -9.72. The quantitative estimate of drug-likeness (QED) is 0.148. The average Bonchev–Trinajstić information content (AvgIpc) is 1.64. The van der Waals surface area contributed by atoms with E-state index in [1.807, 2.05) is 0 Å². The van der Waals surface area contributed by atoms with Gasteiger partial charge in [-0.2, -0.15) is 0 Å². The van der Waals surface area contributed by atoms with Crippen molar-refractivity contribution in [1.82, 2.24) is 4.57 Å². The minimum atomic E-state index is -2.43. The molecular formula is C82H74BN5O. The fourth-order valence-electron chi connectivity index (χ4n) is 11.5. The Balaban J connectivity index is 1.27. The smallest absolute Gasteiger partial charge is 0.252 e. The lowest BCUT2D eigenvalue weighted by atomic mass is 9.33. The minimum absolute atomic E-state index is 0.0507. The van der Waals surface area contributed by atoms with Gasteiger partial charge < -0.3 is 28.6 Å². The molecule has 0 fully saturated rings. The van der Waals surface area contributed by atoms with Gasteiger partial charge in [-0.1, -0.05) is 186 Å². The molecule has 0 radical (unpaired) electrons. The Morgan fingerprint density at radius 2 is 0.876 bits per heavy atom. The van der Waals surface area contributed by atoms with Crippen LogP contribution in [-0.4, -0.2) is 11.3 Å². The Morgan fingerprint density at radius 1 is 0.348 bits per heavy atom. The third kappa shape index (κ3) is 8.59. The number of aromatic nitrogens is 1. The first kappa shape index (κ1) is 27.8. The van der Waals surface area contributed by atoms with E-state index < -0.39 is 381 Å². The summed E-state index contributed by atoms with van der Waals surface area (Å²) >= 11 is 0. The number of nitrogens with zero attached hydrogens (tertiary/aromatic N) is 5. The standard InChI is InChI=1S/C82H74BN5O/c1-79(2,3)51-30-35-57(36-31-51)84(58-37-32-52(33-38-58)80(4,5)6)60-39-41-66-70(48-60)86(59-40-43-75-64(47-59)62-26-19-20-29-74(62)89-75)71-49-61(85(55-22-15-13-16-23-55)56-24-17-14-18-25-56)50-72-76(71)83(66)67-27-21-28-69-78(67)88(72)73-46-54(82(10,11)12)45-65-63-44-53(81(7,8)9)34-42-68(63)87(69)77(65)73/h13-50H,1-12H3/i13D,14D,15D,16D,17D,18D,19D,20D,21D,22D,23D,24D,25D,26D,27D,28D,29D,30D,31D,32D,33D,34D,35D,36D,37D,38D,39D,40D,41D,42D,43D,44D,45D,46D,47D,48D,49D,50D. The Bertz CT molecular complexity index is 7130. The van der Waals surface area contributed by atoms with Crippen molar-refractivity contribution >= 4 is 135 Å². The first-order valence-corrected chi connectivity index (χ1v) is 28.6. The van der Waals surface area contributed by atoms with Crippen LogP contribution < -0.4 is 36.0 Å². The second-order valence-corrected chi connectivity index (χ2v) is 26.1. The molecule has 3 aliphatic heterocycles. The number of anilines is 12. The van der Waals surface area contributed by atoms with E-state index in [0.717, 1.165) is 9.47 Å². The average molecular weight is 1190 g/mol. The topological polar surface area (TPSA) is 31.0 Å². The number of hydrogen-bond donors (Lipinski definition) is 0. The van der Waals surface area contributed by atoms with Crippen molar-refractivity contribution in [3.05, 3.63) is 252 Å². The molecule has 2 aromatic heterocycles. The number of fused-ring (bicyclic) bond motifs is 12. The monoisotopic (exact) mass is 1190 g/mol. The second kappa shape index (κ2) is 19.4. The van der Waals surface area contributed by atoms with Crippen LogP contribution in [0.3, 0.4) is 0 Å². The number of para-hydroxylation sites is 4. The van der Waals surface area contributed by atoms with Gasteiger partial charge in [-0.15, -0.1) is 0 Å². The molecule has 0 aliphatic carbocycles. The molecule has 7 heteroatoms. The molecule has 89 heavy (non-hydrogen) atoms. The molecular weight excluding hydrogens is 1080 g/mol. The first-order chi connectivity index (χ1) is 58.6. The van der Waals surface area contributed by atoms with Gasteiger partial charge in [0, 0.05) is 72.7 Å². The zero-order valence-corrected chi connectivity index (χ0v) is 50.2. The molecule has 0 spiro atoms. The molecule has 0 unspecified atom stereocenters. The van der Waals surface area contributed by atoms with Crippen molar-refractivity contribution in [3.8, 4) is 5.69 Å². The minimum Gasteiger partial charge on any atom is -0.456 e. The third-order valence-electron chi connectivity index (χ3n) is 15.9. The molecule has 11 aromatic carbocycles. The van der Waals surface area contributed by atoms with E-state index in [0.29, 0.717) is 14.7 Å². The zero-order chi connectivity index (χ0) is 94.3. The second-order valence-electron chi connectivity index (χ2n) is 26.1. The molecule has 0 atom stereocenters. The van der Waals surface area contributed by atoms with Gasteiger partial charge in [0.2, 0.25) is 0 Å². The van der Waals surface area contributed by atoms with Crippen molar-refractivity contribution in [3.63, 3.8) is 0 Å². The van der Waals surface area contributed by atoms with Crippen LogP contribution in [0.1, 0.15) is 157 Å². The van der Waals surface area contributed by atoms with E-state index >= 15 is 0 Å². The maximum atomic E-state index is 11.6. The first-order valence-electron chi connectivity index (χ1n) is 47.6. The summed E-state index contributed by atoms with van der Waals surface area (Å²) in [7, 11) is 0. The van der Waals surface area contributed by atoms with Gasteiger partial charge in [0.05, 0.1) is 85.9 Å². The third-order valence-corrected chi connectivity index (χ3v) is 15.9. The lowest BCUT2D eigenvalue weighted by Gasteiger charge is -2.47. The zero-order valence-electron chi connectivity index (χ0n) is 88.2. The summed E-state index contributed by atoms with van der Waals surface area (Å²) in [5.41, 5.74) is -23.6. The molecule has 16 rings (SSSR count). The molecule has 436 valence electrons. The van der Waals surface area contributed by atoms with E-state index in [9.17, 15) is 45.2 Å². The lowest BCUT2D eigenvalue weighted by Crippen LogP contribution is -2.61. The van der Waals surface area contributed by atoms with E-state index in [4.69, 9.17) is 11.3 Å². The van der Waals surface area contributed by atoms with Crippen LogP contribution in [0.25, 0.3) is 49.4 Å². The fraction of sp³-hybridized carbons (Fsp3) is 0.195. The Labute approximate surface area is 577 Å². The molecule has 0 saturated heterocycles. The summed E-state index contributed by atoms with van der Waals surface area (Å²) in [6, 6.07) is -39.4. The van der Waals surface area contributed by atoms with Crippen LogP contribution in [0, 0.1) is 0 Å². The van der Waals surface area contributed by atoms with Crippen molar-refractivity contribution in [2.45, 2.75) is 105 Å². The predicted molar refractivity (Wildman–Crippen MR) is 380 cm³/mol. The maximum Gasteiger partial charge on any atom is 0.252 e. The largest absolute Gasteiger partial charge is 0.456 e. The number of hydrogen-bond acceptors (Lipinski definition) is 5. The number of furan rings is 1. The summed E-state index contributed by atoms with van der Waals surface area (Å²) in [5, 5.41) is -1.96. The maximum absolute atomic E-state index is 11.6. The van der Waals surface area contributed by atoms with Crippen molar-refractivity contribution in [2.75, 3.05) is 19.6 Å². The normalized spacial score (nSPS) is 19.5. The van der Waals surface area contributed by atoms with Crippen LogP contribution in [-0.2, 0) is 21.7 Å².